The summed E-state index contributed by atoms with van der Waals surface area (Å²) in [4.78, 5) is 0. The third-order valence-corrected chi connectivity index (χ3v) is 3.60. The van der Waals surface area contributed by atoms with Gasteiger partial charge < -0.3 is 5.32 Å². The minimum Gasteiger partial charge on any atom is -0.310 e. The van der Waals surface area contributed by atoms with Crippen LogP contribution < -0.4 is 5.32 Å². The summed E-state index contributed by atoms with van der Waals surface area (Å²) >= 11 is 0. The lowest BCUT2D eigenvalue weighted by Gasteiger charge is -2.14. The monoisotopic (exact) mass is 265 g/mol. The number of aromatic nitrogens is 2. The van der Waals surface area contributed by atoms with Gasteiger partial charge in [-0.25, -0.2) is 4.68 Å². The molecule has 3 nitrogen and oxygen atoms in total. The fourth-order valence-corrected chi connectivity index (χ4v) is 2.53. The zero-order valence-corrected chi connectivity index (χ0v) is 11.9. The standard InChI is InChI=1S/C17H19N3/c1-3-18-13(2)14-8-6-9-16(11-14)20-17-10-5-4-7-15(17)12-19-20/h4-13,18H,3H2,1-2H3. The number of para-hydroxylation sites is 1. The van der Waals surface area contributed by atoms with E-state index in [1.165, 1.54) is 5.56 Å². The highest BCUT2D eigenvalue weighted by molar-refractivity contribution is 5.80. The van der Waals surface area contributed by atoms with Gasteiger partial charge in [-0.2, -0.15) is 5.10 Å². The molecule has 2 aromatic carbocycles. The number of fused-ring (bicyclic) bond motifs is 1. The molecule has 0 saturated carbocycles. The smallest absolute Gasteiger partial charge is 0.0741 e. The van der Waals surface area contributed by atoms with E-state index in [2.05, 4.69) is 60.7 Å². The molecule has 20 heavy (non-hydrogen) atoms. The highest BCUT2D eigenvalue weighted by Crippen LogP contribution is 2.21. The second-order valence-electron chi connectivity index (χ2n) is 4.99. The first-order valence-corrected chi connectivity index (χ1v) is 7.06. The SMILES string of the molecule is CCNC(C)c1cccc(-n2ncc3ccccc32)c1. The van der Waals surface area contributed by atoms with Gasteiger partial charge in [-0.15, -0.1) is 0 Å². The Hall–Kier alpha value is -2.13. The molecule has 1 aromatic heterocycles. The van der Waals surface area contributed by atoms with E-state index in [0.717, 1.165) is 23.1 Å². The Balaban J connectivity index is 2.04. The summed E-state index contributed by atoms with van der Waals surface area (Å²) in [5.74, 6) is 0. The predicted molar refractivity (Wildman–Crippen MR) is 83.2 cm³/mol. The molecule has 0 radical (unpaired) electrons. The van der Waals surface area contributed by atoms with Crippen molar-refractivity contribution in [2.24, 2.45) is 0 Å². The van der Waals surface area contributed by atoms with Crippen LogP contribution in [0.3, 0.4) is 0 Å². The van der Waals surface area contributed by atoms with E-state index < -0.39 is 0 Å². The summed E-state index contributed by atoms with van der Waals surface area (Å²) < 4.78 is 2.00. The first-order valence-electron chi connectivity index (χ1n) is 7.06. The lowest BCUT2D eigenvalue weighted by atomic mass is 10.1. The van der Waals surface area contributed by atoms with Gasteiger partial charge in [0.25, 0.3) is 0 Å². The second-order valence-corrected chi connectivity index (χ2v) is 4.99. The molecule has 0 spiro atoms. The van der Waals surface area contributed by atoms with Crippen molar-refractivity contribution < 1.29 is 0 Å². The van der Waals surface area contributed by atoms with Crippen molar-refractivity contribution in [3.63, 3.8) is 0 Å². The Morgan fingerprint density at radius 1 is 1.15 bits per heavy atom. The Morgan fingerprint density at radius 3 is 2.85 bits per heavy atom. The van der Waals surface area contributed by atoms with Gasteiger partial charge in [0.05, 0.1) is 17.4 Å². The van der Waals surface area contributed by atoms with Crippen molar-refractivity contribution in [2.45, 2.75) is 19.9 Å². The van der Waals surface area contributed by atoms with Crippen molar-refractivity contribution >= 4 is 10.9 Å². The maximum Gasteiger partial charge on any atom is 0.0741 e. The van der Waals surface area contributed by atoms with Gasteiger partial charge in [0.15, 0.2) is 0 Å². The minimum atomic E-state index is 0.349. The Bertz CT molecular complexity index is 715. The van der Waals surface area contributed by atoms with Crippen LogP contribution in [-0.4, -0.2) is 16.3 Å². The molecule has 1 atom stereocenters. The number of hydrogen-bond acceptors (Lipinski definition) is 2. The molecule has 0 amide bonds. The highest BCUT2D eigenvalue weighted by Gasteiger charge is 2.07. The van der Waals surface area contributed by atoms with E-state index in [4.69, 9.17) is 0 Å². The largest absolute Gasteiger partial charge is 0.310 e. The van der Waals surface area contributed by atoms with Crippen LogP contribution in [0, 0.1) is 0 Å². The van der Waals surface area contributed by atoms with Crippen molar-refractivity contribution in [1.29, 1.82) is 0 Å². The van der Waals surface area contributed by atoms with Gasteiger partial charge in [0.2, 0.25) is 0 Å². The first kappa shape index (κ1) is 12.9. The molecule has 3 heteroatoms. The van der Waals surface area contributed by atoms with Crippen LogP contribution in [0.1, 0.15) is 25.5 Å². The molecule has 0 fully saturated rings. The highest BCUT2D eigenvalue weighted by atomic mass is 15.3. The Labute approximate surface area is 119 Å². The van der Waals surface area contributed by atoms with Gasteiger partial charge in [-0.3, -0.25) is 0 Å². The van der Waals surface area contributed by atoms with Crippen LogP contribution in [0.15, 0.2) is 54.7 Å². The normalized spacial score (nSPS) is 12.7. The summed E-state index contributed by atoms with van der Waals surface area (Å²) in [6.45, 7) is 5.28. The lowest BCUT2D eigenvalue weighted by molar-refractivity contribution is 0.597. The molecule has 0 bridgehead atoms. The molecule has 3 rings (SSSR count). The van der Waals surface area contributed by atoms with E-state index in [1.807, 2.05) is 23.0 Å². The van der Waals surface area contributed by atoms with E-state index >= 15 is 0 Å². The number of nitrogens with zero attached hydrogens (tertiary/aromatic N) is 2. The van der Waals surface area contributed by atoms with Gasteiger partial charge in [0, 0.05) is 11.4 Å². The maximum atomic E-state index is 4.51. The topological polar surface area (TPSA) is 29.9 Å². The number of benzene rings is 2. The maximum absolute atomic E-state index is 4.51. The first-order chi connectivity index (χ1) is 9.79. The van der Waals surface area contributed by atoms with Gasteiger partial charge in [-0.05, 0) is 37.2 Å². The molecular weight excluding hydrogens is 246 g/mol. The summed E-state index contributed by atoms with van der Waals surface area (Å²) in [5.41, 5.74) is 3.53. The van der Waals surface area contributed by atoms with E-state index in [9.17, 15) is 0 Å². The van der Waals surface area contributed by atoms with Crippen LogP contribution >= 0.6 is 0 Å². The molecule has 0 aliphatic heterocycles. The molecule has 0 aliphatic carbocycles. The van der Waals surface area contributed by atoms with Crippen molar-refractivity contribution in [3.8, 4) is 5.69 Å². The molecule has 1 unspecified atom stereocenters. The van der Waals surface area contributed by atoms with Crippen LogP contribution in [0.2, 0.25) is 0 Å². The van der Waals surface area contributed by atoms with Gasteiger partial charge in [0.1, 0.15) is 0 Å². The average molecular weight is 265 g/mol. The van der Waals surface area contributed by atoms with E-state index in [0.29, 0.717) is 6.04 Å². The van der Waals surface area contributed by atoms with Crippen molar-refractivity contribution in [2.75, 3.05) is 6.54 Å². The third-order valence-electron chi connectivity index (χ3n) is 3.60. The van der Waals surface area contributed by atoms with E-state index in [1.54, 1.807) is 0 Å². The summed E-state index contributed by atoms with van der Waals surface area (Å²) in [6, 6.07) is 17.2. The van der Waals surface area contributed by atoms with Crippen LogP contribution in [0.4, 0.5) is 0 Å². The van der Waals surface area contributed by atoms with Crippen molar-refractivity contribution in [1.82, 2.24) is 15.1 Å². The Morgan fingerprint density at radius 2 is 2.00 bits per heavy atom. The minimum absolute atomic E-state index is 0.349. The number of hydrogen-bond donors (Lipinski definition) is 1. The third kappa shape index (κ3) is 2.32. The zero-order chi connectivity index (χ0) is 13.9. The molecule has 0 saturated heterocycles. The van der Waals surface area contributed by atoms with Crippen LogP contribution in [-0.2, 0) is 0 Å². The zero-order valence-electron chi connectivity index (χ0n) is 11.9. The summed E-state index contributed by atoms with van der Waals surface area (Å²) in [6.07, 6.45) is 1.91. The molecule has 0 aliphatic rings. The number of rotatable bonds is 4. The fourth-order valence-electron chi connectivity index (χ4n) is 2.53. The van der Waals surface area contributed by atoms with Gasteiger partial charge >= 0.3 is 0 Å². The molecular formula is C17H19N3. The molecule has 1 N–H and O–H groups in total. The molecule has 1 heterocycles. The fraction of sp³-hybridized carbons (Fsp3) is 0.235. The molecule has 3 aromatic rings. The van der Waals surface area contributed by atoms with E-state index in [-0.39, 0.29) is 0 Å². The molecule has 102 valence electrons. The summed E-state index contributed by atoms with van der Waals surface area (Å²) in [7, 11) is 0. The van der Waals surface area contributed by atoms with Crippen molar-refractivity contribution in [3.05, 3.63) is 60.3 Å². The predicted octanol–water partition coefficient (Wildman–Crippen LogP) is 3.70. The van der Waals surface area contributed by atoms with Crippen LogP contribution in [0.5, 0.6) is 0 Å². The average Bonchev–Trinajstić information content (AvgIpc) is 2.91. The lowest BCUT2D eigenvalue weighted by Crippen LogP contribution is -2.17. The second kappa shape index (κ2) is 5.47. The summed E-state index contributed by atoms with van der Waals surface area (Å²) in [5, 5.41) is 9.11. The van der Waals surface area contributed by atoms with Gasteiger partial charge in [-0.1, -0.05) is 37.3 Å². The number of nitrogens with one attached hydrogen (secondary N) is 1. The van der Waals surface area contributed by atoms with Crippen LogP contribution in [0.25, 0.3) is 16.6 Å². The quantitative estimate of drug-likeness (QED) is 0.779. The Kier molecular flexibility index (Phi) is 3.52.